The van der Waals surface area contributed by atoms with Gasteiger partial charge in [0.1, 0.15) is 0 Å². The molecule has 1 aliphatic carbocycles. The average molecular weight is 201 g/mol. The molecule has 1 aromatic rings. The van der Waals surface area contributed by atoms with E-state index in [1.807, 2.05) is 0 Å². The molecule has 1 saturated carbocycles. The molecule has 0 radical (unpaired) electrons. The Labute approximate surface area is 90.0 Å². The lowest BCUT2D eigenvalue weighted by molar-refractivity contribution is 0.556. The third-order valence-electron chi connectivity index (χ3n) is 3.30. The first kappa shape index (κ1) is 10.1. The lowest BCUT2D eigenvalue weighted by Gasteiger charge is -2.15. The first-order valence-corrected chi connectivity index (χ1v) is 5.26. The van der Waals surface area contributed by atoms with Crippen LogP contribution in [0.3, 0.4) is 0 Å². The topological polar surface area (TPSA) is 29.4 Å². The van der Waals surface area contributed by atoms with Crippen molar-refractivity contribution in [3.63, 3.8) is 0 Å². The predicted octanol–water partition coefficient (Wildman–Crippen LogP) is 2.94. The van der Waals surface area contributed by atoms with Crippen LogP contribution in [0.4, 0.5) is 0 Å². The molecule has 1 fully saturated rings. The van der Waals surface area contributed by atoms with Crippen LogP contribution in [0.25, 0.3) is 0 Å². The third kappa shape index (κ3) is 1.62. The highest BCUT2D eigenvalue weighted by Gasteiger charge is 2.45. The lowest BCUT2D eigenvalue weighted by Crippen LogP contribution is -2.06. The highest BCUT2D eigenvalue weighted by molar-refractivity contribution is 5.47. The molecule has 2 nitrogen and oxygen atoms in total. The predicted molar refractivity (Wildman–Crippen MR) is 59.7 cm³/mol. The smallest absolute Gasteiger partial charge is 0.211 e. The van der Waals surface area contributed by atoms with E-state index in [2.05, 4.69) is 37.9 Å². The van der Waals surface area contributed by atoms with Gasteiger partial charge in [0.15, 0.2) is 0 Å². The maximum atomic E-state index is 10.4. The zero-order valence-electron chi connectivity index (χ0n) is 9.42. The number of carbonyl (C=O) groups excluding carboxylic acids is 1. The highest BCUT2D eigenvalue weighted by atomic mass is 16.1. The van der Waals surface area contributed by atoms with Crippen molar-refractivity contribution in [2.24, 2.45) is 4.99 Å². The number of isocyanates is 1. The first-order chi connectivity index (χ1) is 7.09. The monoisotopic (exact) mass is 201 g/mol. The minimum atomic E-state index is -0.234. The molecule has 0 saturated heterocycles. The zero-order chi connectivity index (χ0) is 11.1. The molecule has 0 bridgehead atoms. The van der Waals surface area contributed by atoms with Gasteiger partial charge in [0.25, 0.3) is 0 Å². The van der Waals surface area contributed by atoms with Crippen LogP contribution in [0.15, 0.2) is 17.1 Å². The maximum absolute atomic E-state index is 10.4. The van der Waals surface area contributed by atoms with Crippen molar-refractivity contribution in [2.75, 3.05) is 0 Å². The average Bonchev–Trinajstić information content (AvgIpc) is 2.93. The number of hydrogen-bond acceptors (Lipinski definition) is 2. The molecule has 0 atom stereocenters. The Balaban J connectivity index is 2.57. The van der Waals surface area contributed by atoms with Gasteiger partial charge in [-0.3, -0.25) is 0 Å². The molecule has 2 rings (SSSR count). The van der Waals surface area contributed by atoms with Gasteiger partial charge in [0.2, 0.25) is 6.08 Å². The summed E-state index contributed by atoms with van der Waals surface area (Å²) in [5, 5.41) is 0. The summed E-state index contributed by atoms with van der Waals surface area (Å²) >= 11 is 0. The van der Waals surface area contributed by atoms with Gasteiger partial charge in [-0.25, -0.2) is 4.79 Å². The Bertz CT molecular complexity index is 452. The molecule has 0 unspecified atom stereocenters. The van der Waals surface area contributed by atoms with Gasteiger partial charge in [-0.15, -0.1) is 0 Å². The van der Waals surface area contributed by atoms with E-state index < -0.39 is 0 Å². The van der Waals surface area contributed by atoms with E-state index in [9.17, 15) is 4.79 Å². The van der Waals surface area contributed by atoms with E-state index in [1.165, 1.54) is 22.3 Å². The minimum absolute atomic E-state index is 0.234. The van der Waals surface area contributed by atoms with Crippen LogP contribution >= 0.6 is 0 Å². The molecule has 1 aromatic carbocycles. The summed E-state index contributed by atoms with van der Waals surface area (Å²) < 4.78 is 0. The number of rotatable bonds is 2. The van der Waals surface area contributed by atoms with Crippen LogP contribution < -0.4 is 0 Å². The Kier molecular flexibility index (Phi) is 2.24. The van der Waals surface area contributed by atoms with Crippen molar-refractivity contribution in [1.82, 2.24) is 0 Å². The molecule has 0 N–H and O–H groups in total. The second kappa shape index (κ2) is 3.32. The van der Waals surface area contributed by atoms with E-state index in [-0.39, 0.29) is 5.54 Å². The molecule has 0 aromatic heterocycles. The van der Waals surface area contributed by atoms with Gasteiger partial charge in [0, 0.05) is 0 Å². The molecule has 0 amide bonds. The molecule has 15 heavy (non-hydrogen) atoms. The van der Waals surface area contributed by atoms with Gasteiger partial charge < -0.3 is 0 Å². The summed E-state index contributed by atoms with van der Waals surface area (Å²) in [4.78, 5) is 14.4. The summed E-state index contributed by atoms with van der Waals surface area (Å²) in [5.41, 5.74) is 4.75. The first-order valence-electron chi connectivity index (χ1n) is 5.26. The number of nitrogens with zero attached hydrogens (tertiary/aromatic N) is 1. The third-order valence-corrected chi connectivity index (χ3v) is 3.30. The van der Waals surface area contributed by atoms with Crippen molar-refractivity contribution < 1.29 is 4.79 Å². The summed E-state index contributed by atoms with van der Waals surface area (Å²) in [6, 6.07) is 4.32. The maximum Gasteiger partial charge on any atom is 0.235 e. The fraction of sp³-hybridized carbons (Fsp3) is 0.462. The molecule has 1 aliphatic rings. The van der Waals surface area contributed by atoms with E-state index in [0.29, 0.717) is 0 Å². The Morgan fingerprint density at radius 3 is 2.47 bits per heavy atom. The minimum Gasteiger partial charge on any atom is -0.211 e. The number of aryl methyl sites for hydroxylation is 2. The Morgan fingerprint density at radius 1 is 1.27 bits per heavy atom. The van der Waals surface area contributed by atoms with Crippen molar-refractivity contribution in [3.8, 4) is 0 Å². The van der Waals surface area contributed by atoms with Crippen LogP contribution in [0.5, 0.6) is 0 Å². The lowest BCUT2D eigenvalue weighted by atomic mass is 9.94. The summed E-state index contributed by atoms with van der Waals surface area (Å²) in [5.74, 6) is 0. The Hall–Kier alpha value is -1.40. The second-order valence-electron chi connectivity index (χ2n) is 4.49. The number of benzene rings is 1. The molecule has 0 aliphatic heterocycles. The molecule has 2 heteroatoms. The summed E-state index contributed by atoms with van der Waals surface area (Å²) in [7, 11) is 0. The van der Waals surface area contributed by atoms with E-state index in [1.54, 1.807) is 6.08 Å². The molecule has 0 spiro atoms. The van der Waals surface area contributed by atoms with E-state index >= 15 is 0 Å². The standard InChI is InChI=1S/C13H15NO/c1-9-6-10(2)11(3)12(7-9)13(4-5-13)14-8-15/h6-7H,4-5H2,1-3H3. The van der Waals surface area contributed by atoms with Crippen LogP contribution in [0.1, 0.15) is 35.1 Å². The largest absolute Gasteiger partial charge is 0.235 e. The van der Waals surface area contributed by atoms with Gasteiger partial charge in [-0.1, -0.05) is 17.7 Å². The van der Waals surface area contributed by atoms with Gasteiger partial charge >= 0.3 is 0 Å². The van der Waals surface area contributed by atoms with Crippen molar-refractivity contribution >= 4 is 6.08 Å². The van der Waals surface area contributed by atoms with Gasteiger partial charge in [-0.05, 0) is 50.3 Å². The molecular formula is C13H15NO. The Morgan fingerprint density at radius 2 is 1.93 bits per heavy atom. The fourth-order valence-corrected chi connectivity index (χ4v) is 2.17. The normalized spacial score (nSPS) is 17.0. The quantitative estimate of drug-likeness (QED) is 0.534. The van der Waals surface area contributed by atoms with E-state index in [0.717, 1.165) is 12.8 Å². The summed E-state index contributed by atoms with van der Waals surface area (Å²) in [6.45, 7) is 6.29. The van der Waals surface area contributed by atoms with Gasteiger partial charge in [0.05, 0.1) is 5.54 Å². The number of hydrogen-bond donors (Lipinski definition) is 0. The second-order valence-corrected chi connectivity index (χ2v) is 4.49. The van der Waals surface area contributed by atoms with Crippen LogP contribution in [0.2, 0.25) is 0 Å². The number of aliphatic imine (C=N–C) groups is 1. The van der Waals surface area contributed by atoms with E-state index in [4.69, 9.17) is 0 Å². The van der Waals surface area contributed by atoms with Crippen molar-refractivity contribution in [1.29, 1.82) is 0 Å². The fourth-order valence-electron chi connectivity index (χ4n) is 2.17. The van der Waals surface area contributed by atoms with Crippen molar-refractivity contribution in [3.05, 3.63) is 34.4 Å². The van der Waals surface area contributed by atoms with Crippen LogP contribution in [0, 0.1) is 20.8 Å². The van der Waals surface area contributed by atoms with Crippen LogP contribution in [-0.2, 0) is 10.3 Å². The SMILES string of the molecule is Cc1cc(C)c(C)c(C2(N=C=O)CC2)c1. The molecule has 0 heterocycles. The van der Waals surface area contributed by atoms with Crippen molar-refractivity contribution in [2.45, 2.75) is 39.2 Å². The zero-order valence-corrected chi connectivity index (χ0v) is 9.42. The molecular weight excluding hydrogens is 186 g/mol. The highest BCUT2D eigenvalue weighted by Crippen LogP contribution is 2.50. The summed E-state index contributed by atoms with van der Waals surface area (Å²) in [6.07, 6.45) is 3.67. The van der Waals surface area contributed by atoms with Gasteiger partial charge in [-0.2, -0.15) is 4.99 Å². The van der Waals surface area contributed by atoms with Crippen LogP contribution in [-0.4, -0.2) is 6.08 Å². The molecule has 78 valence electrons.